The van der Waals surface area contributed by atoms with Gasteiger partial charge < -0.3 is 10.2 Å². The van der Waals surface area contributed by atoms with Gasteiger partial charge in [-0.3, -0.25) is 0 Å². The molecule has 18 heavy (non-hydrogen) atoms. The Morgan fingerprint density at radius 2 is 1.61 bits per heavy atom. The molecule has 88 valence electrons. The summed E-state index contributed by atoms with van der Waals surface area (Å²) in [5, 5.41) is 18.5. The van der Waals surface area contributed by atoms with Crippen molar-refractivity contribution in [2.75, 3.05) is 0 Å². The third kappa shape index (κ3) is 3.43. The van der Waals surface area contributed by atoms with E-state index >= 15 is 0 Å². The van der Waals surface area contributed by atoms with Crippen LogP contribution in [0.15, 0.2) is 54.6 Å². The van der Waals surface area contributed by atoms with Crippen LogP contribution in [0.1, 0.15) is 11.1 Å². The summed E-state index contributed by atoms with van der Waals surface area (Å²) in [5.41, 5.74) is 1.65. The first-order chi connectivity index (χ1) is 8.74. The van der Waals surface area contributed by atoms with Crippen LogP contribution in [-0.2, 0) is 0 Å². The van der Waals surface area contributed by atoms with Gasteiger partial charge in [-0.25, -0.2) is 0 Å². The second kappa shape index (κ2) is 5.60. The van der Waals surface area contributed by atoms with Gasteiger partial charge in [-0.05, 0) is 48.0 Å². The number of aromatic hydroxyl groups is 2. The van der Waals surface area contributed by atoms with E-state index in [1.54, 1.807) is 42.5 Å². The minimum absolute atomic E-state index is 0.207. The molecule has 0 radical (unpaired) electrons. The van der Waals surface area contributed by atoms with E-state index in [0.29, 0.717) is 0 Å². The predicted octanol–water partition coefficient (Wildman–Crippen LogP) is 3.16. The van der Waals surface area contributed by atoms with Crippen LogP contribution in [0.5, 0.6) is 11.5 Å². The quantitative estimate of drug-likeness (QED) is 0.747. The summed E-state index contributed by atoms with van der Waals surface area (Å²) in [6.45, 7) is 0. The van der Waals surface area contributed by atoms with E-state index in [1.807, 2.05) is 18.2 Å². The Morgan fingerprint density at radius 1 is 0.889 bits per heavy atom. The molecule has 0 saturated heterocycles. The molecule has 0 amide bonds. The average Bonchev–Trinajstić information content (AvgIpc) is 2.35. The summed E-state index contributed by atoms with van der Waals surface area (Å²) in [5.74, 6) is 6.23. The summed E-state index contributed by atoms with van der Waals surface area (Å²) in [7, 11) is 0. The summed E-state index contributed by atoms with van der Waals surface area (Å²) in [6, 6.07) is 13.7. The first-order valence-corrected chi connectivity index (χ1v) is 5.50. The van der Waals surface area contributed by atoms with Crippen molar-refractivity contribution in [1.29, 1.82) is 0 Å². The largest absolute Gasteiger partial charge is 0.508 e. The molecule has 2 aromatic rings. The molecule has 0 aliphatic rings. The predicted molar refractivity (Wildman–Crippen MR) is 72.1 cm³/mol. The van der Waals surface area contributed by atoms with Crippen LogP contribution in [-0.4, -0.2) is 10.2 Å². The molecule has 2 aromatic carbocycles. The molecule has 2 N–H and O–H groups in total. The van der Waals surface area contributed by atoms with Gasteiger partial charge in [0.2, 0.25) is 0 Å². The van der Waals surface area contributed by atoms with E-state index in [-0.39, 0.29) is 11.5 Å². The van der Waals surface area contributed by atoms with Crippen LogP contribution in [0.2, 0.25) is 0 Å². The Hall–Kier alpha value is -2.66. The Balaban J connectivity index is 2.08. The zero-order valence-corrected chi connectivity index (χ0v) is 9.67. The van der Waals surface area contributed by atoms with Crippen molar-refractivity contribution in [3.8, 4) is 23.3 Å². The van der Waals surface area contributed by atoms with Gasteiger partial charge in [-0.1, -0.05) is 30.0 Å². The van der Waals surface area contributed by atoms with Crippen LogP contribution in [0, 0.1) is 11.8 Å². The van der Waals surface area contributed by atoms with Crippen molar-refractivity contribution < 1.29 is 10.2 Å². The fourth-order valence-corrected chi connectivity index (χ4v) is 1.48. The summed E-state index contributed by atoms with van der Waals surface area (Å²) in [6.07, 6.45) is 3.52. The normalized spacial score (nSPS) is 10.0. The molecule has 2 rings (SSSR count). The molecule has 0 atom stereocenters. The minimum Gasteiger partial charge on any atom is -0.508 e. The molecule has 0 heterocycles. The summed E-state index contributed by atoms with van der Waals surface area (Å²) >= 11 is 0. The highest BCUT2D eigenvalue weighted by Gasteiger charge is 1.89. The fraction of sp³-hybridized carbons (Fsp3) is 0. The number of phenolic OH excluding ortho intramolecular Hbond substituents is 2. The van der Waals surface area contributed by atoms with Crippen molar-refractivity contribution in [1.82, 2.24) is 0 Å². The molecule has 0 saturated carbocycles. The highest BCUT2D eigenvalue weighted by atomic mass is 16.3. The SMILES string of the molecule is Oc1cccc(C#C/C=C/c2cccc(O)c2)c1. The van der Waals surface area contributed by atoms with Crippen LogP contribution in [0.3, 0.4) is 0 Å². The van der Waals surface area contributed by atoms with Crippen LogP contribution in [0.25, 0.3) is 6.08 Å². The Morgan fingerprint density at radius 3 is 2.33 bits per heavy atom. The Bertz CT molecular complexity index is 631. The van der Waals surface area contributed by atoms with Gasteiger partial charge in [0.1, 0.15) is 11.5 Å². The van der Waals surface area contributed by atoms with Crippen molar-refractivity contribution in [2.45, 2.75) is 0 Å². The monoisotopic (exact) mass is 236 g/mol. The minimum atomic E-state index is 0.207. The molecule has 0 bridgehead atoms. The first kappa shape index (κ1) is 11.8. The van der Waals surface area contributed by atoms with Crippen molar-refractivity contribution in [2.24, 2.45) is 0 Å². The molecule has 0 aromatic heterocycles. The van der Waals surface area contributed by atoms with E-state index in [4.69, 9.17) is 0 Å². The van der Waals surface area contributed by atoms with Gasteiger partial charge in [0.15, 0.2) is 0 Å². The van der Waals surface area contributed by atoms with E-state index in [9.17, 15) is 10.2 Å². The second-order valence-electron chi connectivity index (χ2n) is 3.75. The maximum atomic E-state index is 9.28. The average molecular weight is 236 g/mol. The zero-order chi connectivity index (χ0) is 12.8. The lowest BCUT2D eigenvalue weighted by Crippen LogP contribution is -1.72. The number of hydrogen-bond donors (Lipinski definition) is 2. The van der Waals surface area contributed by atoms with E-state index in [0.717, 1.165) is 11.1 Å². The van der Waals surface area contributed by atoms with E-state index in [1.165, 1.54) is 0 Å². The topological polar surface area (TPSA) is 40.5 Å². The molecule has 0 fully saturated rings. The van der Waals surface area contributed by atoms with Crippen molar-refractivity contribution in [3.63, 3.8) is 0 Å². The van der Waals surface area contributed by atoms with Gasteiger partial charge in [0.25, 0.3) is 0 Å². The van der Waals surface area contributed by atoms with Crippen molar-refractivity contribution >= 4 is 6.08 Å². The summed E-state index contributed by atoms with van der Waals surface area (Å²) < 4.78 is 0. The van der Waals surface area contributed by atoms with Gasteiger partial charge in [0.05, 0.1) is 0 Å². The Labute approximate surface area is 106 Å². The molecule has 0 aliphatic carbocycles. The first-order valence-electron chi connectivity index (χ1n) is 5.50. The number of benzene rings is 2. The third-order valence-corrected chi connectivity index (χ3v) is 2.29. The van der Waals surface area contributed by atoms with Crippen LogP contribution in [0.4, 0.5) is 0 Å². The maximum Gasteiger partial charge on any atom is 0.116 e. The summed E-state index contributed by atoms with van der Waals surface area (Å²) in [4.78, 5) is 0. The number of allylic oxidation sites excluding steroid dienone is 1. The van der Waals surface area contributed by atoms with E-state index < -0.39 is 0 Å². The number of phenols is 2. The molecular formula is C16H12O2. The molecule has 0 unspecified atom stereocenters. The van der Waals surface area contributed by atoms with Gasteiger partial charge in [0, 0.05) is 5.56 Å². The van der Waals surface area contributed by atoms with Crippen LogP contribution < -0.4 is 0 Å². The molecular weight excluding hydrogens is 224 g/mol. The highest BCUT2D eigenvalue weighted by molar-refractivity contribution is 5.55. The lowest BCUT2D eigenvalue weighted by molar-refractivity contribution is 0.474. The maximum absolute atomic E-state index is 9.28. The van der Waals surface area contributed by atoms with Crippen LogP contribution >= 0.6 is 0 Å². The lowest BCUT2D eigenvalue weighted by Gasteiger charge is -1.92. The lowest BCUT2D eigenvalue weighted by atomic mass is 10.2. The smallest absolute Gasteiger partial charge is 0.116 e. The van der Waals surface area contributed by atoms with Crippen molar-refractivity contribution in [3.05, 3.63) is 65.7 Å². The van der Waals surface area contributed by atoms with Gasteiger partial charge in [-0.2, -0.15) is 0 Å². The third-order valence-electron chi connectivity index (χ3n) is 2.29. The molecule has 0 aliphatic heterocycles. The number of hydrogen-bond acceptors (Lipinski definition) is 2. The van der Waals surface area contributed by atoms with E-state index in [2.05, 4.69) is 11.8 Å². The van der Waals surface area contributed by atoms with Gasteiger partial charge in [-0.15, -0.1) is 0 Å². The molecule has 2 heteroatoms. The van der Waals surface area contributed by atoms with Gasteiger partial charge >= 0.3 is 0 Å². The zero-order valence-electron chi connectivity index (χ0n) is 9.67. The molecule has 2 nitrogen and oxygen atoms in total. The number of rotatable bonds is 1. The molecule has 0 spiro atoms. The fourth-order valence-electron chi connectivity index (χ4n) is 1.48. The standard InChI is InChI=1S/C16H12O2/c17-15-9-3-7-13(11-15)5-1-2-6-14-8-4-10-16(18)12-14/h1,3-5,7-12,17-18H/b5-1+. The highest BCUT2D eigenvalue weighted by Crippen LogP contribution is 2.12. The second-order valence-corrected chi connectivity index (χ2v) is 3.75. The Kier molecular flexibility index (Phi) is 3.68.